The molecule has 2 heterocycles. The lowest BCUT2D eigenvalue weighted by Crippen LogP contribution is -2.35. The average molecular weight is 366 g/mol. The molecule has 0 radical (unpaired) electrons. The van der Waals surface area contributed by atoms with E-state index in [0.717, 1.165) is 38.4 Å². The molecule has 0 spiro atoms. The predicted octanol–water partition coefficient (Wildman–Crippen LogP) is 3.20. The molecule has 1 saturated heterocycles. The maximum atomic E-state index is 12.6. The van der Waals surface area contributed by atoms with Gasteiger partial charge >= 0.3 is 0 Å². The number of benzene rings is 2. The van der Waals surface area contributed by atoms with E-state index in [4.69, 9.17) is 9.15 Å². The third-order valence-electron chi connectivity index (χ3n) is 4.66. The highest BCUT2D eigenvalue weighted by Crippen LogP contribution is 2.25. The summed E-state index contributed by atoms with van der Waals surface area (Å²) >= 11 is 0. The van der Waals surface area contributed by atoms with Crippen molar-refractivity contribution >= 4 is 16.7 Å². The monoisotopic (exact) mass is 366 g/mol. The van der Waals surface area contributed by atoms with E-state index >= 15 is 0 Å². The van der Waals surface area contributed by atoms with E-state index in [9.17, 15) is 14.9 Å². The van der Waals surface area contributed by atoms with Gasteiger partial charge in [-0.3, -0.25) is 19.8 Å². The molecule has 0 atom stereocenters. The minimum absolute atomic E-state index is 0.00496. The minimum Gasteiger partial charge on any atom is -0.456 e. The molecule has 0 bridgehead atoms. The molecule has 4 rings (SSSR count). The summed E-state index contributed by atoms with van der Waals surface area (Å²) in [5.41, 5.74) is 2.04. The second-order valence-corrected chi connectivity index (χ2v) is 6.50. The molecule has 0 amide bonds. The van der Waals surface area contributed by atoms with Crippen LogP contribution in [0.3, 0.4) is 0 Å². The Balaban J connectivity index is 1.64. The van der Waals surface area contributed by atoms with Crippen molar-refractivity contribution in [3.63, 3.8) is 0 Å². The highest BCUT2D eigenvalue weighted by Gasteiger charge is 2.13. The number of morpholine rings is 1. The molecule has 1 aromatic heterocycles. The SMILES string of the molecule is O=c1cc(-c2ccc([N+](=O)[O-])cc2)oc2ccc(CN3CCOCC3)cc12. The number of ether oxygens (including phenoxy) is 1. The molecule has 3 aromatic rings. The van der Waals surface area contributed by atoms with E-state index in [2.05, 4.69) is 4.90 Å². The molecule has 1 aliphatic rings. The lowest BCUT2D eigenvalue weighted by atomic mass is 10.1. The fourth-order valence-electron chi connectivity index (χ4n) is 3.21. The highest BCUT2D eigenvalue weighted by molar-refractivity contribution is 5.79. The number of nitro groups is 1. The summed E-state index contributed by atoms with van der Waals surface area (Å²) in [5, 5.41) is 11.3. The Labute approximate surface area is 154 Å². The standard InChI is InChI=1S/C20H18N2O5/c23-18-12-20(15-2-4-16(5-3-15)22(24)25)27-19-6-1-14(11-17(18)19)13-21-7-9-26-10-8-21/h1-6,11-12H,7-10,13H2. The normalized spacial score (nSPS) is 15.1. The zero-order chi connectivity index (χ0) is 18.8. The quantitative estimate of drug-likeness (QED) is 0.521. The van der Waals surface area contributed by atoms with Gasteiger partial charge in [0, 0.05) is 43.4 Å². The molecule has 0 saturated carbocycles. The fourth-order valence-corrected chi connectivity index (χ4v) is 3.21. The van der Waals surface area contributed by atoms with E-state index in [1.165, 1.54) is 18.2 Å². The summed E-state index contributed by atoms with van der Waals surface area (Å²) < 4.78 is 11.2. The van der Waals surface area contributed by atoms with Gasteiger partial charge in [0.25, 0.3) is 5.69 Å². The molecule has 0 aliphatic carbocycles. The van der Waals surface area contributed by atoms with Crippen molar-refractivity contribution in [3.05, 3.63) is 74.4 Å². The summed E-state index contributed by atoms with van der Waals surface area (Å²) in [7, 11) is 0. The number of hydrogen-bond donors (Lipinski definition) is 0. The van der Waals surface area contributed by atoms with Crippen molar-refractivity contribution in [2.45, 2.75) is 6.54 Å². The van der Waals surface area contributed by atoms with Crippen LogP contribution in [0.15, 0.2) is 57.7 Å². The summed E-state index contributed by atoms with van der Waals surface area (Å²) in [6.07, 6.45) is 0. The van der Waals surface area contributed by atoms with Crippen molar-refractivity contribution < 1.29 is 14.1 Å². The molecule has 7 heteroatoms. The van der Waals surface area contributed by atoms with Crippen LogP contribution in [-0.4, -0.2) is 36.1 Å². The van der Waals surface area contributed by atoms with Crippen LogP contribution in [0.2, 0.25) is 0 Å². The number of rotatable bonds is 4. The smallest absolute Gasteiger partial charge is 0.269 e. The molecule has 0 N–H and O–H groups in total. The van der Waals surface area contributed by atoms with Gasteiger partial charge in [-0.05, 0) is 29.8 Å². The van der Waals surface area contributed by atoms with Crippen molar-refractivity contribution in [2.24, 2.45) is 0 Å². The first kappa shape index (κ1) is 17.4. The first-order chi connectivity index (χ1) is 13.1. The predicted molar refractivity (Wildman–Crippen MR) is 101 cm³/mol. The molecule has 7 nitrogen and oxygen atoms in total. The van der Waals surface area contributed by atoms with E-state index < -0.39 is 4.92 Å². The second-order valence-electron chi connectivity index (χ2n) is 6.50. The largest absolute Gasteiger partial charge is 0.456 e. The van der Waals surface area contributed by atoms with Crippen LogP contribution in [0, 0.1) is 10.1 Å². The van der Waals surface area contributed by atoms with Crippen LogP contribution < -0.4 is 5.43 Å². The van der Waals surface area contributed by atoms with Gasteiger partial charge < -0.3 is 9.15 Å². The number of fused-ring (bicyclic) bond motifs is 1. The summed E-state index contributed by atoms with van der Waals surface area (Å²) in [4.78, 5) is 25.2. The first-order valence-corrected chi connectivity index (χ1v) is 8.72. The van der Waals surface area contributed by atoms with Crippen molar-refractivity contribution in [2.75, 3.05) is 26.3 Å². The second kappa shape index (κ2) is 7.30. The van der Waals surface area contributed by atoms with Crippen LogP contribution in [-0.2, 0) is 11.3 Å². The molecule has 138 valence electrons. The Morgan fingerprint density at radius 3 is 2.48 bits per heavy atom. The van der Waals surface area contributed by atoms with E-state index in [-0.39, 0.29) is 11.1 Å². The van der Waals surface area contributed by atoms with Crippen LogP contribution in [0.1, 0.15) is 5.56 Å². The molecule has 2 aromatic carbocycles. The number of nitrogens with zero attached hydrogens (tertiary/aromatic N) is 2. The van der Waals surface area contributed by atoms with Crippen molar-refractivity contribution in [1.29, 1.82) is 0 Å². The fraction of sp³-hybridized carbons (Fsp3) is 0.250. The summed E-state index contributed by atoms with van der Waals surface area (Å²) in [6.45, 7) is 3.99. The minimum atomic E-state index is -0.462. The van der Waals surface area contributed by atoms with Gasteiger partial charge in [-0.25, -0.2) is 0 Å². The Morgan fingerprint density at radius 2 is 1.78 bits per heavy atom. The Morgan fingerprint density at radius 1 is 1.04 bits per heavy atom. The Kier molecular flexibility index (Phi) is 4.70. The van der Waals surface area contributed by atoms with Gasteiger partial charge in [0.15, 0.2) is 5.43 Å². The summed E-state index contributed by atoms with van der Waals surface area (Å²) in [6, 6.07) is 13.0. The van der Waals surface area contributed by atoms with Gasteiger partial charge in [-0.15, -0.1) is 0 Å². The lowest BCUT2D eigenvalue weighted by Gasteiger charge is -2.26. The molecular formula is C20H18N2O5. The third kappa shape index (κ3) is 3.74. The maximum absolute atomic E-state index is 12.6. The van der Waals surface area contributed by atoms with Gasteiger partial charge in [0.1, 0.15) is 11.3 Å². The Hall–Kier alpha value is -3.03. The highest BCUT2D eigenvalue weighted by atomic mass is 16.6. The van der Waals surface area contributed by atoms with Crippen molar-refractivity contribution in [1.82, 2.24) is 4.90 Å². The molecule has 1 fully saturated rings. The zero-order valence-corrected chi connectivity index (χ0v) is 14.6. The van der Waals surface area contributed by atoms with Gasteiger partial charge in [-0.1, -0.05) is 6.07 Å². The van der Waals surface area contributed by atoms with Gasteiger partial charge in [0.05, 0.1) is 23.5 Å². The van der Waals surface area contributed by atoms with Crippen LogP contribution in [0.5, 0.6) is 0 Å². The number of non-ortho nitro benzene ring substituents is 1. The topological polar surface area (TPSA) is 85.8 Å². The van der Waals surface area contributed by atoms with Crippen LogP contribution in [0.4, 0.5) is 5.69 Å². The van der Waals surface area contributed by atoms with Gasteiger partial charge in [-0.2, -0.15) is 0 Å². The zero-order valence-electron chi connectivity index (χ0n) is 14.6. The third-order valence-corrected chi connectivity index (χ3v) is 4.66. The van der Waals surface area contributed by atoms with Gasteiger partial charge in [0.2, 0.25) is 0 Å². The van der Waals surface area contributed by atoms with Crippen LogP contribution in [0.25, 0.3) is 22.3 Å². The number of nitro benzene ring substituents is 1. The van der Waals surface area contributed by atoms with E-state index in [1.807, 2.05) is 12.1 Å². The average Bonchev–Trinajstić information content (AvgIpc) is 2.69. The van der Waals surface area contributed by atoms with E-state index in [0.29, 0.717) is 22.3 Å². The van der Waals surface area contributed by atoms with E-state index in [1.54, 1.807) is 18.2 Å². The number of hydrogen-bond acceptors (Lipinski definition) is 6. The van der Waals surface area contributed by atoms with Crippen molar-refractivity contribution in [3.8, 4) is 11.3 Å². The van der Waals surface area contributed by atoms with Crippen LogP contribution >= 0.6 is 0 Å². The Bertz CT molecular complexity index is 1040. The molecule has 1 aliphatic heterocycles. The first-order valence-electron chi connectivity index (χ1n) is 8.72. The molecular weight excluding hydrogens is 348 g/mol. The molecule has 27 heavy (non-hydrogen) atoms. The molecule has 0 unspecified atom stereocenters. The maximum Gasteiger partial charge on any atom is 0.269 e. The lowest BCUT2D eigenvalue weighted by molar-refractivity contribution is -0.384. The summed E-state index contributed by atoms with van der Waals surface area (Å²) in [5.74, 6) is 0.392.